The monoisotopic (exact) mass is 312 g/mol. The van der Waals surface area contributed by atoms with Gasteiger partial charge in [-0.15, -0.1) is 11.6 Å². The molecule has 2 rings (SSSR count). The zero-order valence-corrected chi connectivity index (χ0v) is 12.5. The highest BCUT2D eigenvalue weighted by molar-refractivity contribution is 6.21. The number of alkyl halides is 1. The van der Waals surface area contributed by atoms with Crippen LogP contribution in [0.25, 0.3) is 0 Å². The fraction of sp³-hybridized carbons (Fsp3) is 0.250. The Balaban J connectivity index is 2.33. The maximum Gasteiger partial charge on any atom is 0.129 e. The number of halogens is 3. The summed E-state index contributed by atoms with van der Waals surface area (Å²) in [5, 5.41) is -0.559. The second-order valence-corrected chi connectivity index (χ2v) is 5.01. The zero-order valence-electron chi connectivity index (χ0n) is 11.7. The average Bonchev–Trinajstić information content (AvgIpc) is 2.49. The number of benzene rings is 2. The van der Waals surface area contributed by atoms with E-state index in [0.717, 1.165) is 6.07 Å². The van der Waals surface area contributed by atoms with E-state index in [4.69, 9.17) is 21.1 Å². The molecule has 0 heterocycles. The lowest BCUT2D eigenvalue weighted by atomic mass is 10.0. The molecule has 0 spiro atoms. The van der Waals surface area contributed by atoms with Crippen LogP contribution >= 0.6 is 11.6 Å². The number of ether oxygens (including phenoxy) is 2. The van der Waals surface area contributed by atoms with Gasteiger partial charge in [0.1, 0.15) is 23.1 Å². The van der Waals surface area contributed by atoms with E-state index in [2.05, 4.69) is 0 Å². The van der Waals surface area contributed by atoms with Gasteiger partial charge in [0, 0.05) is 6.07 Å². The van der Waals surface area contributed by atoms with Gasteiger partial charge >= 0.3 is 0 Å². The first kappa shape index (κ1) is 15.6. The molecule has 1 unspecified atom stereocenters. The summed E-state index contributed by atoms with van der Waals surface area (Å²) in [7, 11) is 3.06. The summed E-state index contributed by atoms with van der Waals surface area (Å²) >= 11 is 6.40. The van der Waals surface area contributed by atoms with Gasteiger partial charge in [0.05, 0.1) is 25.2 Å². The molecule has 0 aromatic heterocycles. The highest BCUT2D eigenvalue weighted by Gasteiger charge is 2.20. The summed E-state index contributed by atoms with van der Waals surface area (Å²) in [6.45, 7) is 0. The van der Waals surface area contributed by atoms with E-state index >= 15 is 0 Å². The summed E-state index contributed by atoms with van der Waals surface area (Å²) in [5.74, 6) is -0.0968. The number of methoxy groups -OCH3 is 2. The Morgan fingerprint density at radius 2 is 1.67 bits per heavy atom. The van der Waals surface area contributed by atoms with Crippen molar-refractivity contribution in [3.8, 4) is 11.5 Å². The molecule has 21 heavy (non-hydrogen) atoms. The minimum Gasteiger partial charge on any atom is -0.496 e. The molecule has 1 atom stereocenters. The van der Waals surface area contributed by atoms with E-state index in [0.29, 0.717) is 22.6 Å². The molecule has 0 aliphatic heterocycles. The molecular weight excluding hydrogens is 298 g/mol. The van der Waals surface area contributed by atoms with Gasteiger partial charge in [0.25, 0.3) is 0 Å². The maximum atomic E-state index is 13.7. The highest BCUT2D eigenvalue weighted by Crippen LogP contribution is 2.39. The molecule has 0 fully saturated rings. The molecule has 0 aliphatic carbocycles. The summed E-state index contributed by atoms with van der Waals surface area (Å²) < 4.78 is 37.2. The van der Waals surface area contributed by atoms with Crippen LogP contribution in [0.5, 0.6) is 11.5 Å². The van der Waals surface area contributed by atoms with Crippen LogP contribution in [0.4, 0.5) is 8.78 Å². The lowest BCUT2D eigenvalue weighted by molar-refractivity contribution is 0.384. The minimum atomic E-state index is -0.616. The van der Waals surface area contributed by atoms with Gasteiger partial charge in [0.2, 0.25) is 0 Å². The average molecular weight is 313 g/mol. The van der Waals surface area contributed by atoms with Crippen LogP contribution in [-0.2, 0) is 6.42 Å². The predicted molar refractivity (Wildman–Crippen MR) is 78.2 cm³/mol. The molecule has 2 aromatic carbocycles. The lowest BCUT2D eigenvalue weighted by Crippen LogP contribution is -2.03. The van der Waals surface area contributed by atoms with Gasteiger partial charge in [0.15, 0.2) is 0 Å². The number of hydrogen-bond donors (Lipinski definition) is 0. The van der Waals surface area contributed by atoms with Gasteiger partial charge in [-0.2, -0.15) is 0 Å². The number of rotatable bonds is 5. The Kier molecular flexibility index (Phi) is 5.02. The Morgan fingerprint density at radius 3 is 2.19 bits per heavy atom. The lowest BCUT2D eigenvalue weighted by Gasteiger charge is -2.17. The summed E-state index contributed by atoms with van der Waals surface area (Å²) in [6.07, 6.45) is 0.199. The van der Waals surface area contributed by atoms with E-state index in [1.54, 1.807) is 18.2 Å². The Labute approximate surface area is 127 Å². The topological polar surface area (TPSA) is 18.5 Å². The van der Waals surface area contributed by atoms with Gasteiger partial charge < -0.3 is 9.47 Å². The van der Waals surface area contributed by atoms with Crippen LogP contribution in [0.1, 0.15) is 16.5 Å². The first-order chi connectivity index (χ1) is 10.1. The molecule has 0 bridgehead atoms. The van der Waals surface area contributed by atoms with Crippen molar-refractivity contribution in [2.45, 2.75) is 11.8 Å². The van der Waals surface area contributed by atoms with Crippen molar-refractivity contribution in [3.63, 3.8) is 0 Å². The Hall–Kier alpha value is -1.81. The summed E-state index contributed by atoms with van der Waals surface area (Å²) in [5.41, 5.74) is 0.984. The quantitative estimate of drug-likeness (QED) is 0.757. The van der Waals surface area contributed by atoms with E-state index in [1.165, 1.54) is 26.4 Å². The fourth-order valence-corrected chi connectivity index (χ4v) is 2.55. The van der Waals surface area contributed by atoms with Gasteiger partial charge in [-0.1, -0.05) is 12.1 Å². The molecule has 2 aromatic rings. The van der Waals surface area contributed by atoms with E-state index in [1.807, 2.05) is 0 Å². The highest BCUT2D eigenvalue weighted by atomic mass is 35.5. The standard InChI is InChI=1S/C16H15ClF2O2/c1-20-14-4-3-5-15(21-2)16(14)12(17)8-10-6-7-11(18)9-13(10)19/h3-7,9,12H,8H2,1-2H3. The molecule has 0 radical (unpaired) electrons. The maximum absolute atomic E-state index is 13.7. The van der Waals surface area contributed by atoms with Gasteiger partial charge in [-0.3, -0.25) is 0 Å². The van der Waals surface area contributed by atoms with Crippen molar-refractivity contribution in [2.75, 3.05) is 14.2 Å². The van der Waals surface area contributed by atoms with Crippen molar-refractivity contribution in [2.24, 2.45) is 0 Å². The predicted octanol–water partition coefficient (Wildman–Crippen LogP) is 4.50. The van der Waals surface area contributed by atoms with Crippen LogP contribution in [-0.4, -0.2) is 14.2 Å². The second kappa shape index (κ2) is 6.76. The molecule has 0 amide bonds. The SMILES string of the molecule is COc1cccc(OC)c1C(Cl)Cc1ccc(F)cc1F. The van der Waals surface area contributed by atoms with Crippen molar-refractivity contribution in [1.29, 1.82) is 0 Å². The van der Waals surface area contributed by atoms with Crippen LogP contribution in [0.15, 0.2) is 36.4 Å². The third kappa shape index (κ3) is 3.45. The Morgan fingerprint density at radius 1 is 1.05 bits per heavy atom. The van der Waals surface area contributed by atoms with E-state index < -0.39 is 17.0 Å². The van der Waals surface area contributed by atoms with E-state index in [9.17, 15) is 8.78 Å². The van der Waals surface area contributed by atoms with Crippen molar-refractivity contribution >= 4 is 11.6 Å². The van der Waals surface area contributed by atoms with Crippen molar-refractivity contribution < 1.29 is 18.3 Å². The second-order valence-electron chi connectivity index (χ2n) is 4.48. The zero-order chi connectivity index (χ0) is 15.4. The van der Waals surface area contributed by atoms with Crippen molar-refractivity contribution in [1.82, 2.24) is 0 Å². The molecule has 5 heteroatoms. The molecular formula is C16H15ClF2O2. The smallest absolute Gasteiger partial charge is 0.129 e. The third-order valence-electron chi connectivity index (χ3n) is 3.19. The summed E-state index contributed by atoms with van der Waals surface area (Å²) in [4.78, 5) is 0. The van der Waals surface area contributed by atoms with Crippen LogP contribution < -0.4 is 9.47 Å². The molecule has 0 N–H and O–H groups in total. The van der Waals surface area contributed by atoms with Crippen LogP contribution in [0.3, 0.4) is 0 Å². The van der Waals surface area contributed by atoms with Crippen LogP contribution in [0, 0.1) is 11.6 Å². The molecule has 112 valence electrons. The third-order valence-corrected chi connectivity index (χ3v) is 3.57. The fourth-order valence-electron chi connectivity index (χ4n) is 2.17. The van der Waals surface area contributed by atoms with Gasteiger partial charge in [-0.25, -0.2) is 8.78 Å². The first-order valence-corrected chi connectivity index (χ1v) is 6.79. The first-order valence-electron chi connectivity index (χ1n) is 6.35. The van der Waals surface area contributed by atoms with Crippen molar-refractivity contribution in [3.05, 3.63) is 59.2 Å². The Bertz CT molecular complexity index is 609. The largest absolute Gasteiger partial charge is 0.496 e. The minimum absolute atomic E-state index is 0.199. The summed E-state index contributed by atoms with van der Waals surface area (Å²) in [6, 6.07) is 8.74. The van der Waals surface area contributed by atoms with E-state index in [-0.39, 0.29) is 6.42 Å². The molecule has 0 saturated carbocycles. The molecule has 0 saturated heterocycles. The molecule has 2 nitrogen and oxygen atoms in total. The van der Waals surface area contributed by atoms with Crippen LogP contribution in [0.2, 0.25) is 0 Å². The molecule has 0 aliphatic rings. The normalized spacial score (nSPS) is 12.0. The number of hydrogen-bond acceptors (Lipinski definition) is 2. The van der Waals surface area contributed by atoms with Gasteiger partial charge in [-0.05, 0) is 30.2 Å².